The van der Waals surface area contributed by atoms with E-state index in [1.807, 2.05) is 23.5 Å². The third kappa shape index (κ3) is 11.7. The molecule has 0 aromatic rings. The van der Waals surface area contributed by atoms with Crippen LogP contribution in [0.1, 0.15) is 6.92 Å². The van der Waals surface area contributed by atoms with Gasteiger partial charge in [-0.25, -0.2) is 0 Å². The van der Waals surface area contributed by atoms with E-state index >= 15 is 0 Å². The van der Waals surface area contributed by atoms with Gasteiger partial charge in [0, 0.05) is 23.8 Å². The summed E-state index contributed by atoms with van der Waals surface area (Å²) in [6.45, 7) is 3.01. The van der Waals surface area contributed by atoms with Crippen molar-refractivity contribution in [1.29, 1.82) is 0 Å². The largest absolute Gasteiger partial charge is 0.330 e. The zero-order valence-electron chi connectivity index (χ0n) is 6.34. The smallest absolute Gasteiger partial charge is 0.00561 e. The molecular weight excluding hydrogens is 186 g/mol. The molecule has 0 aliphatic carbocycles. The SMILES string of the molecule is CCSCCSCCN.Cl. The van der Waals surface area contributed by atoms with Crippen LogP contribution in [0.5, 0.6) is 0 Å². The normalized spacial score (nSPS) is 9.00. The van der Waals surface area contributed by atoms with Crippen molar-refractivity contribution in [2.45, 2.75) is 6.92 Å². The molecule has 64 valence electrons. The first kappa shape index (κ1) is 13.5. The Hall–Kier alpha value is 0.950. The lowest BCUT2D eigenvalue weighted by molar-refractivity contribution is 1.15. The van der Waals surface area contributed by atoms with Gasteiger partial charge in [0.1, 0.15) is 0 Å². The highest BCUT2D eigenvalue weighted by molar-refractivity contribution is 8.02. The van der Waals surface area contributed by atoms with Crippen LogP contribution in [0.3, 0.4) is 0 Å². The summed E-state index contributed by atoms with van der Waals surface area (Å²) in [6, 6.07) is 0. The topological polar surface area (TPSA) is 26.0 Å². The van der Waals surface area contributed by atoms with Crippen molar-refractivity contribution in [3.05, 3.63) is 0 Å². The van der Waals surface area contributed by atoms with E-state index in [2.05, 4.69) is 6.92 Å². The number of hydrogen-bond donors (Lipinski definition) is 1. The van der Waals surface area contributed by atoms with Crippen LogP contribution in [0, 0.1) is 0 Å². The second-order valence-corrected chi connectivity index (χ2v) is 4.22. The van der Waals surface area contributed by atoms with Gasteiger partial charge in [0.2, 0.25) is 0 Å². The Kier molecular flexibility index (Phi) is 17.1. The second kappa shape index (κ2) is 12.6. The van der Waals surface area contributed by atoms with E-state index in [4.69, 9.17) is 5.73 Å². The maximum absolute atomic E-state index is 5.32. The summed E-state index contributed by atoms with van der Waals surface area (Å²) in [4.78, 5) is 0. The van der Waals surface area contributed by atoms with E-state index in [0.717, 1.165) is 12.3 Å². The van der Waals surface area contributed by atoms with Crippen molar-refractivity contribution in [2.75, 3.05) is 29.6 Å². The number of thioether (sulfide) groups is 2. The van der Waals surface area contributed by atoms with E-state index in [9.17, 15) is 0 Å². The first-order valence-corrected chi connectivity index (χ1v) is 5.58. The first-order chi connectivity index (χ1) is 4.41. The van der Waals surface area contributed by atoms with Crippen LogP contribution in [0.2, 0.25) is 0 Å². The van der Waals surface area contributed by atoms with Crippen LogP contribution in [0.4, 0.5) is 0 Å². The van der Waals surface area contributed by atoms with E-state index in [0.29, 0.717) is 0 Å². The van der Waals surface area contributed by atoms with Crippen LogP contribution < -0.4 is 5.73 Å². The molecule has 0 radical (unpaired) electrons. The van der Waals surface area contributed by atoms with Crippen molar-refractivity contribution in [3.8, 4) is 0 Å². The molecule has 0 saturated heterocycles. The summed E-state index contributed by atoms with van der Waals surface area (Å²) in [7, 11) is 0. The third-order valence-electron chi connectivity index (χ3n) is 0.838. The highest BCUT2D eigenvalue weighted by atomic mass is 35.5. The van der Waals surface area contributed by atoms with Gasteiger partial charge < -0.3 is 5.73 Å². The molecule has 2 N–H and O–H groups in total. The Morgan fingerprint density at radius 3 is 2.20 bits per heavy atom. The molecule has 0 heterocycles. The molecule has 0 saturated carbocycles. The maximum atomic E-state index is 5.32. The van der Waals surface area contributed by atoms with Crippen molar-refractivity contribution in [2.24, 2.45) is 5.73 Å². The number of halogens is 1. The molecule has 0 rings (SSSR count). The molecule has 0 atom stereocenters. The van der Waals surface area contributed by atoms with Crippen LogP contribution in [-0.4, -0.2) is 29.6 Å². The van der Waals surface area contributed by atoms with E-state index in [1.54, 1.807) is 0 Å². The molecule has 0 spiro atoms. The summed E-state index contributed by atoms with van der Waals surface area (Å²) in [5.74, 6) is 4.89. The molecule has 1 nitrogen and oxygen atoms in total. The van der Waals surface area contributed by atoms with Gasteiger partial charge in [-0.3, -0.25) is 0 Å². The molecule has 4 heteroatoms. The lowest BCUT2D eigenvalue weighted by Gasteiger charge is -1.96. The lowest BCUT2D eigenvalue weighted by Crippen LogP contribution is -2.02. The summed E-state index contributed by atoms with van der Waals surface area (Å²) in [5, 5.41) is 0. The summed E-state index contributed by atoms with van der Waals surface area (Å²) >= 11 is 3.94. The fraction of sp³-hybridized carbons (Fsp3) is 1.00. The van der Waals surface area contributed by atoms with Gasteiger partial charge in [0.15, 0.2) is 0 Å². The quantitative estimate of drug-likeness (QED) is 0.665. The zero-order valence-corrected chi connectivity index (χ0v) is 8.79. The highest BCUT2D eigenvalue weighted by Gasteiger charge is 1.85. The number of nitrogens with two attached hydrogens (primary N) is 1. The average molecular weight is 202 g/mol. The number of rotatable bonds is 6. The van der Waals surface area contributed by atoms with Crippen molar-refractivity contribution in [1.82, 2.24) is 0 Å². The Balaban J connectivity index is 0. The minimum absolute atomic E-state index is 0. The second-order valence-electron chi connectivity index (χ2n) is 1.60. The van der Waals surface area contributed by atoms with E-state index in [-0.39, 0.29) is 12.4 Å². The molecule has 0 amide bonds. The van der Waals surface area contributed by atoms with Crippen LogP contribution in [0.15, 0.2) is 0 Å². The van der Waals surface area contributed by atoms with Crippen molar-refractivity contribution >= 4 is 35.9 Å². The van der Waals surface area contributed by atoms with E-state index < -0.39 is 0 Å². The molecular formula is C6H16ClNS2. The van der Waals surface area contributed by atoms with Gasteiger partial charge in [0.25, 0.3) is 0 Å². The predicted molar refractivity (Wildman–Crippen MR) is 56.6 cm³/mol. The van der Waals surface area contributed by atoms with Gasteiger partial charge in [-0.05, 0) is 5.75 Å². The monoisotopic (exact) mass is 201 g/mol. The predicted octanol–water partition coefficient (Wildman–Crippen LogP) is 1.85. The van der Waals surface area contributed by atoms with Crippen molar-refractivity contribution < 1.29 is 0 Å². The van der Waals surface area contributed by atoms with Gasteiger partial charge in [-0.2, -0.15) is 23.5 Å². The van der Waals surface area contributed by atoms with Gasteiger partial charge in [-0.15, -0.1) is 12.4 Å². The van der Waals surface area contributed by atoms with Crippen LogP contribution in [0.25, 0.3) is 0 Å². The van der Waals surface area contributed by atoms with Gasteiger partial charge in [-0.1, -0.05) is 6.92 Å². The minimum Gasteiger partial charge on any atom is -0.330 e. The lowest BCUT2D eigenvalue weighted by atomic mass is 10.8. The molecule has 0 bridgehead atoms. The fourth-order valence-electron chi connectivity index (χ4n) is 0.448. The molecule has 0 aliphatic heterocycles. The Bertz CT molecular complexity index is 49.0. The standard InChI is InChI=1S/C6H15NS2.ClH/c1-2-8-5-6-9-4-3-7;/h2-7H2,1H3;1H. The van der Waals surface area contributed by atoms with Gasteiger partial charge in [0.05, 0.1) is 0 Å². The minimum atomic E-state index is 0. The molecule has 0 aromatic carbocycles. The number of hydrogen-bond acceptors (Lipinski definition) is 3. The maximum Gasteiger partial charge on any atom is 0.00561 e. The summed E-state index contributed by atoms with van der Waals surface area (Å²) in [6.07, 6.45) is 0. The average Bonchev–Trinajstić information content (AvgIpc) is 1.89. The Morgan fingerprint density at radius 2 is 1.70 bits per heavy atom. The van der Waals surface area contributed by atoms with Crippen LogP contribution >= 0.6 is 35.9 Å². The fourth-order valence-corrected chi connectivity index (χ4v) is 2.05. The molecule has 0 aromatic heterocycles. The first-order valence-electron chi connectivity index (χ1n) is 3.27. The Morgan fingerprint density at radius 1 is 1.10 bits per heavy atom. The van der Waals surface area contributed by atoms with Crippen LogP contribution in [-0.2, 0) is 0 Å². The zero-order chi connectivity index (χ0) is 6.95. The third-order valence-corrected chi connectivity index (χ3v) is 3.01. The molecule has 0 aliphatic rings. The van der Waals surface area contributed by atoms with E-state index in [1.165, 1.54) is 17.3 Å². The summed E-state index contributed by atoms with van der Waals surface area (Å²) < 4.78 is 0. The van der Waals surface area contributed by atoms with Crippen molar-refractivity contribution in [3.63, 3.8) is 0 Å². The molecule has 0 unspecified atom stereocenters. The van der Waals surface area contributed by atoms with Gasteiger partial charge >= 0.3 is 0 Å². The molecule has 0 fully saturated rings. The summed E-state index contributed by atoms with van der Waals surface area (Å²) in [5.41, 5.74) is 5.32. The molecule has 10 heavy (non-hydrogen) atoms. The Labute approximate surface area is 78.3 Å². The highest BCUT2D eigenvalue weighted by Crippen LogP contribution is 2.04.